The number of sulfonamides is 1. The van der Waals surface area contributed by atoms with Crippen LogP contribution < -0.4 is 14.4 Å². The zero-order chi connectivity index (χ0) is 16.4. The topological polar surface area (TPSA) is 87.3 Å². The smallest absolute Gasteiger partial charge is 0.244 e. The van der Waals surface area contributed by atoms with Gasteiger partial charge in [0.15, 0.2) is 0 Å². The summed E-state index contributed by atoms with van der Waals surface area (Å²) in [5.41, 5.74) is 2.02. The average molecular weight is 336 g/mol. The lowest BCUT2D eigenvalue weighted by Crippen LogP contribution is -2.39. The molecule has 0 spiro atoms. The highest BCUT2D eigenvalue weighted by molar-refractivity contribution is 7.89. The van der Waals surface area contributed by atoms with Gasteiger partial charge in [0.05, 0.1) is 23.6 Å². The molecule has 124 valence electrons. The maximum atomic E-state index is 12.4. The van der Waals surface area contributed by atoms with Crippen LogP contribution in [0.5, 0.6) is 5.75 Å². The standard InChI is InChI=1S/C15H20N4O3S/c1-11-15(12(2)18-17-11)23(20,21)16-7-8-19-9-10-22-14-6-4-3-5-13(14)19/h3-6,16H,7-10H2,1-2H3,(H,17,18). The Bertz CT molecular complexity index is 781. The third-order valence-electron chi connectivity index (χ3n) is 3.83. The molecule has 0 amide bonds. The Hall–Kier alpha value is -2.06. The van der Waals surface area contributed by atoms with Crippen molar-refractivity contribution in [3.63, 3.8) is 0 Å². The van der Waals surface area contributed by atoms with Crippen molar-refractivity contribution in [1.82, 2.24) is 14.9 Å². The molecule has 1 aromatic heterocycles. The molecule has 3 rings (SSSR count). The van der Waals surface area contributed by atoms with E-state index >= 15 is 0 Å². The quantitative estimate of drug-likeness (QED) is 0.857. The van der Waals surface area contributed by atoms with Crippen LogP contribution in [0.15, 0.2) is 29.2 Å². The molecule has 0 radical (unpaired) electrons. The monoisotopic (exact) mass is 336 g/mol. The summed E-state index contributed by atoms with van der Waals surface area (Å²) in [5.74, 6) is 0.836. The SMILES string of the molecule is Cc1n[nH]c(C)c1S(=O)(=O)NCCN1CCOc2ccccc21. The summed E-state index contributed by atoms with van der Waals surface area (Å²) in [4.78, 5) is 2.36. The Kier molecular flexibility index (Phi) is 4.27. The number of benzene rings is 1. The molecule has 23 heavy (non-hydrogen) atoms. The highest BCUT2D eigenvalue weighted by Crippen LogP contribution is 2.30. The van der Waals surface area contributed by atoms with Crippen LogP contribution in [0.1, 0.15) is 11.4 Å². The molecule has 0 atom stereocenters. The highest BCUT2D eigenvalue weighted by Gasteiger charge is 2.23. The van der Waals surface area contributed by atoms with E-state index in [2.05, 4.69) is 19.8 Å². The molecular weight excluding hydrogens is 316 g/mol. The number of ether oxygens (including phenoxy) is 1. The summed E-state index contributed by atoms with van der Waals surface area (Å²) < 4.78 is 33.1. The maximum Gasteiger partial charge on any atom is 0.244 e. The van der Waals surface area contributed by atoms with Crippen molar-refractivity contribution < 1.29 is 13.2 Å². The van der Waals surface area contributed by atoms with Crippen molar-refractivity contribution in [2.75, 3.05) is 31.1 Å². The lowest BCUT2D eigenvalue weighted by Gasteiger charge is -2.31. The highest BCUT2D eigenvalue weighted by atomic mass is 32.2. The molecule has 0 fully saturated rings. The lowest BCUT2D eigenvalue weighted by atomic mass is 10.2. The second-order valence-corrected chi connectivity index (χ2v) is 7.17. The Balaban J connectivity index is 1.67. The molecule has 0 aliphatic carbocycles. The fourth-order valence-electron chi connectivity index (χ4n) is 2.78. The minimum absolute atomic E-state index is 0.236. The lowest BCUT2D eigenvalue weighted by molar-refractivity contribution is 0.308. The van der Waals surface area contributed by atoms with Crippen molar-refractivity contribution in [1.29, 1.82) is 0 Å². The van der Waals surface area contributed by atoms with Crippen molar-refractivity contribution >= 4 is 15.7 Å². The van der Waals surface area contributed by atoms with E-state index in [1.807, 2.05) is 24.3 Å². The summed E-state index contributed by atoms with van der Waals surface area (Å²) in [5, 5.41) is 6.64. The number of hydrogen-bond acceptors (Lipinski definition) is 5. The van der Waals surface area contributed by atoms with Gasteiger partial charge in [-0.2, -0.15) is 5.10 Å². The molecule has 8 heteroatoms. The van der Waals surface area contributed by atoms with E-state index in [0.717, 1.165) is 18.0 Å². The first-order valence-electron chi connectivity index (χ1n) is 7.47. The molecule has 0 saturated carbocycles. The van der Waals surface area contributed by atoms with E-state index in [1.54, 1.807) is 13.8 Å². The Morgan fingerprint density at radius 3 is 2.87 bits per heavy atom. The number of hydrogen-bond donors (Lipinski definition) is 2. The summed E-state index contributed by atoms with van der Waals surface area (Å²) in [6.07, 6.45) is 0. The summed E-state index contributed by atoms with van der Waals surface area (Å²) in [6.45, 7) is 5.62. The van der Waals surface area contributed by atoms with Crippen LogP contribution in [-0.4, -0.2) is 44.9 Å². The second kappa shape index (κ2) is 6.21. The molecular formula is C15H20N4O3S. The number of nitrogens with one attached hydrogen (secondary N) is 2. The van der Waals surface area contributed by atoms with E-state index in [9.17, 15) is 8.42 Å². The van der Waals surface area contributed by atoms with Gasteiger partial charge in [-0.1, -0.05) is 12.1 Å². The predicted octanol–water partition coefficient (Wildman–Crippen LogP) is 1.20. The van der Waals surface area contributed by atoms with Gasteiger partial charge in [0.1, 0.15) is 17.3 Å². The van der Waals surface area contributed by atoms with E-state index in [1.165, 1.54) is 0 Å². The third kappa shape index (κ3) is 3.18. The zero-order valence-electron chi connectivity index (χ0n) is 13.2. The van der Waals surface area contributed by atoms with E-state index in [0.29, 0.717) is 31.1 Å². The van der Waals surface area contributed by atoms with Crippen LogP contribution in [-0.2, 0) is 10.0 Å². The number of nitrogens with zero attached hydrogens (tertiary/aromatic N) is 2. The first kappa shape index (κ1) is 15.8. The third-order valence-corrected chi connectivity index (χ3v) is 5.55. The van der Waals surface area contributed by atoms with Crippen molar-refractivity contribution in [2.24, 2.45) is 0 Å². The fourth-order valence-corrected chi connectivity index (χ4v) is 4.17. The molecule has 1 aromatic carbocycles. The van der Waals surface area contributed by atoms with Crippen molar-refractivity contribution in [3.05, 3.63) is 35.7 Å². The van der Waals surface area contributed by atoms with Crippen molar-refractivity contribution in [3.8, 4) is 5.75 Å². The van der Waals surface area contributed by atoms with Gasteiger partial charge in [-0.05, 0) is 26.0 Å². The molecule has 0 bridgehead atoms. The normalized spacial score (nSPS) is 14.4. The van der Waals surface area contributed by atoms with Gasteiger partial charge < -0.3 is 9.64 Å². The Labute approximate surface area is 135 Å². The molecule has 2 N–H and O–H groups in total. The number of H-pyrrole nitrogens is 1. The number of aromatic nitrogens is 2. The Morgan fingerprint density at radius 1 is 1.35 bits per heavy atom. The molecule has 2 aromatic rings. The maximum absolute atomic E-state index is 12.4. The number of rotatable bonds is 5. The van der Waals surface area contributed by atoms with Gasteiger partial charge in [0.2, 0.25) is 10.0 Å². The number of aryl methyl sites for hydroxylation is 2. The Morgan fingerprint density at radius 2 is 2.13 bits per heavy atom. The average Bonchev–Trinajstić information content (AvgIpc) is 2.87. The van der Waals surface area contributed by atoms with E-state index < -0.39 is 10.0 Å². The molecule has 1 aliphatic rings. The van der Waals surface area contributed by atoms with Crippen LogP contribution in [0.3, 0.4) is 0 Å². The summed E-state index contributed by atoms with van der Waals surface area (Å²) in [7, 11) is -3.56. The first-order chi connectivity index (χ1) is 11.0. The van der Waals surface area contributed by atoms with Gasteiger partial charge >= 0.3 is 0 Å². The van der Waals surface area contributed by atoms with Gasteiger partial charge in [0.25, 0.3) is 0 Å². The van der Waals surface area contributed by atoms with Crippen LogP contribution in [0.2, 0.25) is 0 Å². The number of fused-ring (bicyclic) bond motifs is 1. The van der Waals surface area contributed by atoms with E-state index in [-0.39, 0.29) is 4.90 Å². The van der Waals surface area contributed by atoms with Gasteiger partial charge in [0, 0.05) is 13.1 Å². The molecule has 7 nitrogen and oxygen atoms in total. The number of aromatic amines is 1. The minimum atomic E-state index is -3.56. The van der Waals surface area contributed by atoms with Crippen LogP contribution in [0.4, 0.5) is 5.69 Å². The summed E-state index contributed by atoms with van der Waals surface area (Å²) >= 11 is 0. The van der Waals surface area contributed by atoms with Crippen molar-refractivity contribution in [2.45, 2.75) is 18.7 Å². The fraction of sp³-hybridized carbons (Fsp3) is 0.400. The number of para-hydroxylation sites is 2. The van der Waals surface area contributed by atoms with Crippen LogP contribution in [0.25, 0.3) is 0 Å². The molecule has 2 heterocycles. The van der Waals surface area contributed by atoms with Gasteiger partial charge in [-0.25, -0.2) is 13.1 Å². The van der Waals surface area contributed by atoms with Gasteiger partial charge in [-0.15, -0.1) is 0 Å². The van der Waals surface area contributed by atoms with Gasteiger partial charge in [-0.3, -0.25) is 5.10 Å². The minimum Gasteiger partial charge on any atom is -0.490 e. The molecule has 0 unspecified atom stereocenters. The van der Waals surface area contributed by atoms with Crippen LogP contribution >= 0.6 is 0 Å². The molecule has 1 aliphatic heterocycles. The zero-order valence-corrected chi connectivity index (χ0v) is 14.0. The molecule has 0 saturated heterocycles. The van der Waals surface area contributed by atoms with Crippen LogP contribution in [0, 0.1) is 13.8 Å². The number of anilines is 1. The second-order valence-electron chi connectivity index (χ2n) is 5.46. The summed E-state index contributed by atoms with van der Waals surface area (Å²) in [6, 6.07) is 7.77. The largest absolute Gasteiger partial charge is 0.490 e. The van der Waals surface area contributed by atoms with E-state index in [4.69, 9.17) is 4.74 Å². The first-order valence-corrected chi connectivity index (χ1v) is 8.95. The predicted molar refractivity (Wildman–Crippen MR) is 87.4 cm³/mol.